The van der Waals surface area contributed by atoms with Gasteiger partial charge in [0, 0.05) is 23.6 Å². The van der Waals surface area contributed by atoms with E-state index in [9.17, 15) is 4.79 Å². The van der Waals surface area contributed by atoms with E-state index in [2.05, 4.69) is 25.0 Å². The summed E-state index contributed by atoms with van der Waals surface area (Å²) in [7, 11) is 0. The van der Waals surface area contributed by atoms with Gasteiger partial charge in [0.2, 0.25) is 5.13 Å². The lowest BCUT2D eigenvalue weighted by atomic mass is 10.3. The van der Waals surface area contributed by atoms with E-state index in [0.717, 1.165) is 24.4 Å². The van der Waals surface area contributed by atoms with E-state index >= 15 is 0 Å². The molecule has 1 saturated carbocycles. The van der Waals surface area contributed by atoms with Crippen LogP contribution in [0.4, 0.5) is 9.93 Å². The maximum atomic E-state index is 11.7. The molecular formula is C12H13N5OS. The van der Waals surface area contributed by atoms with E-state index in [0.29, 0.717) is 17.6 Å². The first-order valence-corrected chi connectivity index (χ1v) is 6.87. The van der Waals surface area contributed by atoms with Gasteiger partial charge >= 0.3 is 6.03 Å². The normalized spacial score (nSPS) is 14.1. The van der Waals surface area contributed by atoms with Gasteiger partial charge in [0.25, 0.3) is 0 Å². The zero-order valence-electron chi connectivity index (χ0n) is 10.2. The van der Waals surface area contributed by atoms with Crippen LogP contribution in [0.2, 0.25) is 0 Å². The maximum absolute atomic E-state index is 11.7. The summed E-state index contributed by atoms with van der Waals surface area (Å²) in [6.45, 7) is 0.390. The number of urea groups is 1. The lowest BCUT2D eigenvalue weighted by Gasteiger charge is -2.04. The molecule has 1 aliphatic carbocycles. The average molecular weight is 275 g/mol. The molecule has 2 heterocycles. The first-order chi connectivity index (χ1) is 9.31. The topological polar surface area (TPSA) is 79.8 Å². The van der Waals surface area contributed by atoms with E-state index < -0.39 is 0 Å². The summed E-state index contributed by atoms with van der Waals surface area (Å²) in [4.78, 5) is 20.1. The molecule has 2 amide bonds. The summed E-state index contributed by atoms with van der Waals surface area (Å²) >= 11 is 1.22. The third-order valence-corrected chi connectivity index (χ3v) is 3.41. The Labute approximate surface area is 114 Å². The molecule has 2 aromatic rings. The zero-order valence-corrected chi connectivity index (χ0v) is 11.0. The fourth-order valence-corrected chi connectivity index (χ4v) is 2.25. The van der Waals surface area contributed by atoms with Crippen molar-refractivity contribution in [1.82, 2.24) is 19.7 Å². The number of hydrogen-bond donors (Lipinski definition) is 2. The SMILES string of the molecule is O=C(NCc1ccccn1)Nc1nc(C2CC2)ns1. The Balaban J connectivity index is 1.50. The minimum Gasteiger partial charge on any atom is -0.332 e. The second kappa shape index (κ2) is 5.31. The monoisotopic (exact) mass is 275 g/mol. The number of hydrogen-bond acceptors (Lipinski definition) is 5. The van der Waals surface area contributed by atoms with Crippen LogP contribution in [0.25, 0.3) is 0 Å². The summed E-state index contributed by atoms with van der Waals surface area (Å²) in [5.41, 5.74) is 0.814. The molecule has 0 atom stereocenters. The van der Waals surface area contributed by atoms with Crippen molar-refractivity contribution in [2.45, 2.75) is 25.3 Å². The van der Waals surface area contributed by atoms with Crippen molar-refractivity contribution in [2.75, 3.05) is 5.32 Å². The molecule has 3 rings (SSSR count). The second-order valence-corrected chi connectivity index (χ2v) is 5.11. The van der Waals surface area contributed by atoms with Crippen molar-refractivity contribution >= 4 is 22.7 Å². The Kier molecular flexibility index (Phi) is 3.37. The lowest BCUT2D eigenvalue weighted by molar-refractivity contribution is 0.251. The number of carbonyl (C=O) groups excluding carboxylic acids is 1. The van der Waals surface area contributed by atoms with Gasteiger partial charge in [-0.2, -0.15) is 4.37 Å². The van der Waals surface area contributed by atoms with Gasteiger partial charge in [-0.1, -0.05) is 6.07 Å². The third-order valence-electron chi connectivity index (χ3n) is 2.76. The number of pyridine rings is 1. The van der Waals surface area contributed by atoms with Crippen LogP contribution in [0.15, 0.2) is 24.4 Å². The molecule has 0 saturated heterocycles. The Bertz CT molecular complexity index is 567. The molecule has 0 aromatic carbocycles. The second-order valence-electron chi connectivity index (χ2n) is 4.36. The average Bonchev–Trinajstić information content (AvgIpc) is 3.19. The van der Waals surface area contributed by atoms with Gasteiger partial charge in [0.1, 0.15) is 5.82 Å². The van der Waals surface area contributed by atoms with Gasteiger partial charge in [-0.05, 0) is 25.0 Å². The van der Waals surface area contributed by atoms with Gasteiger partial charge in [-0.3, -0.25) is 10.3 Å². The number of aromatic nitrogens is 3. The predicted molar refractivity (Wildman–Crippen MR) is 72.0 cm³/mol. The van der Waals surface area contributed by atoms with Gasteiger partial charge in [0.05, 0.1) is 12.2 Å². The Morgan fingerprint density at radius 3 is 3.05 bits per heavy atom. The molecule has 0 spiro atoms. The lowest BCUT2D eigenvalue weighted by Crippen LogP contribution is -2.28. The van der Waals surface area contributed by atoms with Gasteiger partial charge in [-0.25, -0.2) is 9.78 Å². The highest BCUT2D eigenvalue weighted by molar-refractivity contribution is 7.09. The van der Waals surface area contributed by atoms with Crippen LogP contribution in [0.3, 0.4) is 0 Å². The summed E-state index contributed by atoms with van der Waals surface area (Å²) in [5.74, 6) is 1.36. The summed E-state index contributed by atoms with van der Waals surface area (Å²) in [5, 5.41) is 5.95. The molecular weight excluding hydrogens is 262 g/mol. The number of nitrogens with one attached hydrogen (secondary N) is 2. The molecule has 6 nitrogen and oxygen atoms in total. The quantitative estimate of drug-likeness (QED) is 0.895. The highest BCUT2D eigenvalue weighted by atomic mass is 32.1. The third kappa shape index (κ3) is 3.25. The van der Waals surface area contributed by atoms with Crippen molar-refractivity contribution in [3.8, 4) is 0 Å². The largest absolute Gasteiger partial charge is 0.332 e. The van der Waals surface area contributed by atoms with Crippen LogP contribution in [0.5, 0.6) is 0 Å². The zero-order chi connectivity index (χ0) is 13.1. The first-order valence-electron chi connectivity index (χ1n) is 6.09. The molecule has 1 aliphatic rings. The fourth-order valence-electron chi connectivity index (χ4n) is 1.61. The number of amides is 2. The fraction of sp³-hybridized carbons (Fsp3) is 0.333. The van der Waals surface area contributed by atoms with Crippen LogP contribution in [-0.2, 0) is 6.54 Å². The Morgan fingerprint density at radius 2 is 2.32 bits per heavy atom. The van der Waals surface area contributed by atoms with Crippen molar-refractivity contribution in [1.29, 1.82) is 0 Å². The van der Waals surface area contributed by atoms with Gasteiger partial charge < -0.3 is 5.32 Å². The highest BCUT2D eigenvalue weighted by Crippen LogP contribution is 2.39. The molecule has 2 N–H and O–H groups in total. The molecule has 2 aromatic heterocycles. The molecule has 0 unspecified atom stereocenters. The standard InChI is InChI=1S/C12H13N5OS/c18-11(14-7-9-3-1-2-6-13-9)16-12-15-10(17-19-12)8-4-5-8/h1-3,6,8H,4-5,7H2,(H2,14,15,16,17,18). The number of rotatable bonds is 4. The van der Waals surface area contributed by atoms with Crippen molar-refractivity contribution in [3.63, 3.8) is 0 Å². The molecule has 7 heteroatoms. The van der Waals surface area contributed by atoms with E-state index in [4.69, 9.17) is 0 Å². The van der Waals surface area contributed by atoms with E-state index in [-0.39, 0.29) is 6.03 Å². The molecule has 98 valence electrons. The van der Waals surface area contributed by atoms with Gasteiger partial charge in [-0.15, -0.1) is 0 Å². The molecule has 0 aliphatic heterocycles. The minimum atomic E-state index is -0.288. The number of nitrogens with zero attached hydrogens (tertiary/aromatic N) is 3. The van der Waals surface area contributed by atoms with Crippen LogP contribution >= 0.6 is 11.5 Å². The van der Waals surface area contributed by atoms with Crippen LogP contribution < -0.4 is 10.6 Å². The van der Waals surface area contributed by atoms with Crippen molar-refractivity contribution in [2.24, 2.45) is 0 Å². The maximum Gasteiger partial charge on any atom is 0.321 e. The highest BCUT2D eigenvalue weighted by Gasteiger charge is 2.27. The Morgan fingerprint density at radius 1 is 1.42 bits per heavy atom. The van der Waals surface area contributed by atoms with Crippen molar-refractivity contribution < 1.29 is 4.79 Å². The predicted octanol–water partition coefficient (Wildman–Crippen LogP) is 2.13. The summed E-state index contributed by atoms with van der Waals surface area (Å²) in [6, 6.07) is 5.29. The van der Waals surface area contributed by atoms with Crippen molar-refractivity contribution in [3.05, 3.63) is 35.9 Å². The molecule has 0 radical (unpaired) electrons. The van der Waals surface area contributed by atoms with E-state index in [1.807, 2.05) is 18.2 Å². The Hall–Kier alpha value is -2.02. The summed E-state index contributed by atoms with van der Waals surface area (Å²) < 4.78 is 4.23. The minimum absolute atomic E-state index is 0.288. The molecule has 1 fully saturated rings. The first kappa shape index (κ1) is 12.0. The number of carbonyl (C=O) groups is 1. The summed E-state index contributed by atoms with van der Waals surface area (Å²) in [6.07, 6.45) is 4.01. The smallest absolute Gasteiger partial charge is 0.321 e. The molecule has 19 heavy (non-hydrogen) atoms. The molecule has 0 bridgehead atoms. The van der Waals surface area contributed by atoms with Crippen LogP contribution in [0.1, 0.15) is 30.3 Å². The van der Waals surface area contributed by atoms with E-state index in [1.165, 1.54) is 11.5 Å². The van der Waals surface area contributed by atoms with Crippen LogP contribution in [0, 0.1) is 0 Å². The van der Waals surface area contributed by atoms with E-state index in [1.54, 1.807) is 6.20 Å². The van der Waals surface area contributed by atoms with Crippen LogP contribution in [-0.4, -0.2) is 20.4 Å². The van der Waals surface area contributed by atoms with Gasteiger partial charge in [0.15, 0.2) is 0 Å². The number of anilines is 1.